The van der Waals surface area contributed by atoms with Gasteiger partial charge in [-0.25, -0.2) is 4.98 Å². The molecule has 0 aliphatic rings. The fraction of sp³-hybridized carbons (Fsp3) is 0.0556. The summed E-state index contributed by atoms with van der Waals surface area (Å²) in [5, 5.41) is 4.89. The lowest BCUT2D eigenvalue weighted by Gasteiger charge is -2.06. The first-order valence-corrected chi connectivity index (χ1v) is 6.50. The first kappa shape index (κ1) is 10.5. The Labute approximate surface area is 111 Å². The number of pyridine rings is 1. The van der Waals surface area contributed by atoms with E-state index in [1.54, 1.807) is 0 Å². The van der Waals surface area contributed by atoms with Gasteiger partial charge in [-0.2, -0.15) is 0 Å². The molecule has 0 atom stereocenters. The molecular formula is C18H13N. The van der Waals surface area contributed by atoms with Gasteiger partial charge in [0.15, 0.2) is 0 Å². The summed E-state index contributed by atoms with van der Waals surface area (Å²) >= 11 is 0. The van der Waals surface area contributed by atoms with Crippen LogP contribution in [0, 0.1) is 6.92 Å². The van der Waals surface area contributed by atoms with Gasteiger partial charge >= 0.3 is 0 Å². The van der Waals surface area contributed by atoms with Crippen LogP contribution in [0.5, 0.6) is 0 Å². The number of benzene rings is 3. The first-order chi connectivity index (χ1) is 9.31. The first-order valence-electron chi connectivity index (χ1n) is 6.50. The lowest BCUT2D eigenvalue weighted by atomic mass is 10.0. The zero-order valence-corrected chi connectivity index (χ0v) is 10.7. The monoisotopic (exact) mass is 243 g/mol. The van der Waals surface area contributed by atoms with E-state index in [2.05, 4.69) is 67.6 Å². The van der Waals surface area contributed by atoms with Crippen LogP contribution in [0.25, 0.3) is 32.6 Å². The molecule has 0 saturated carbocycles. The van der Waals surface area contributed by atoms with Gasteiger partial charge in [0.05, 0.1) is 11.0 Å². The van der Waals surface area contributed by atoms with Crippen LogP contribution < -0.4 is 0 Å². The lowest BCUT2D eigenvalue weighted by molar-refractivity contribution is 1.46. The molecular weight excluding hydrogens is 230 g/mol. The highest BCUT2D eigenvalue weighted by atomic mass is 14.7. The van der Waals surface area contributed by atoms with Crippen molar-refractivity contribution in [2.24, 2.45) is 0 Å². The third-order valence-electron chi connectivity index (χ3n) is 3.66. The Kier molecular flexibility index (Phi) is 2.10. The van der Waals surface area contributed by atoms with E-state index >= 15 is 0 Å². The Morgan fingerprint density at radius 1 is 0.737 bits per heavy atom. The predicted molar refractivity (Wildman–Crippen MR) is 81.5 cm³/mol. The van der Waals surface area contributed by atoms with Crippen molar-refractivity contribution >= 4 is 32.6 Å². The van der Waals surface area contributed by atoms with Crippen LogP contribution in [0.15, 0.2) is 60.7 Å². The summed E-state index contributed by atoms with van der Waals surface area (Å²) in [4.78, 5) is 4.85. The zero-order valence-electron chi connectivity index (χ0n) is 10.7. The Balaban J connectivity index is 2.22. The SMILES string of the molecule is Cc1ccc2nc3c(ccc4ccccc43)cc2c1. The number of nitrogens with zero attached hydrogens (tertiary/aromatic N) is 1. The van der Waals surface area contributed by atoms with Crippen molar-refractivity contribution in [3.8, 4) is 0 Å². The topological polar surface area (TPSA) is 12.9 Å². The van der Waals surface area contributed by atoms with Crippen LogP contribution in [0.2, 0.25) is 0 Å². The molecule has 90 valence electrons. The van der Waals surface area contributed by atoms with Crippen LogP contribution in [-0.4, -0.2) is 4.98 Å². The summed E-state index contributed by atoms with van der Waals surface area (Å²) in [5.74, 6) is 0. The normalized spacial score (nSPS) is 11.4. The molecule has 0 aliphatic heterocycles. The average molecular weight is 243 g/mol. The molecule has 0 spiro atoms. The minimum absolute atomic E-state index is 1.06. The second kappa shape index (κ2) is 3.79. The quantitative estimate of drug-likeness (QED) is 0.318. The van der Waals surface area contributed by atoms with E-state index in [0.29, 0.717) is 0 Å². The van der Waals surface area contributed by atoms with E-state index in [9.17, 15) is 0 Å². The van der Waals surface area contributed by atoms with E-state index in [-0.39, 0.29) is 0 Å². The van der Waals surface area contributed by atoms with E-state index < -0.39 is 0 Å². The number of rotatable bonds is 0. The molecule has 1 heteroatoms. The van der Waals surface area contributed by atoms with E-state index in [1.165, 1.54) is 27.1 Å². The molecule has 0 unspecified atom stereocenters. The van der Waals surface area contributed by atoms with Crippen molar-refractivity contribution < 1.29 is 0 Å². The van der Waals surface area contributed by atoms with Crippen LogP contribution >= 0.6 is 0 Å². The van der Waals surface area contributed by atoms with Gasteiger partial charge in [-0.15, -0.1) is 0 Å². The van der Waals surface area contributed by atoms with Gasteiger partial charge in [0.1, 0.15) is 0 Å². The summed E-state index contributed by atoms with van der Waals surface area (Å²) in [7, 11) is 0. The summed E-state index contributed by atoms with van der Waals surface area (Å²) in [6.07, 6.45) is 0. The van der Waals surface area contributed by atoms with E-state index in [1.807, 2.05) is 0 Å². The van der Waals surface area contributed by atoms with Gasteiger partial charge in [-0.1, -0.05) is 48.0 Å². The number of aromatic nitrogens is 1. The molecule has 1 heterocycles. The van der Waals surface area contributed by atoms with Crippen LogP contribution in [0.3, 0.4) is 0 Å². The highest BCUT2D eigenvalue weighted by molar-refractivity contribution is 6.08. The molecule has 1 aromatic heterocycles. The van der Waals surface area contributed by atoms with Crippen LogP contribution in [0.1, 0.15) is 5.56 Å². The average Bonchev–Trinajstić information content (AvgIpc) is 2.45. The molecule has 4 rings (SSSR count). The molecule has 3 aromatic carbocycles. The Bertz CT molecular complexity index is 922. The molecule has 1 nitrogen and oxygen atoms in total. The molecule has 0 N–H and O–H groups in total. The maximum Gasteiger partial charge on any atom is 0.0788 e. The maximum atomic E-state index is 4.85. The van der Waals surface area contributed by atoms with E-state index in [0.717, 1.165) is 11.0 Å². The van der Waals surface area contributed by atoms with Crippen molar-refractivity contribution in [1.29, 1.82) is 0 Å². The summed E-state index contributed by atoms with van der Waals surface area (Å²) < 4.78 is 0. The zero-order chi connectivity index (χ0) is 12.8. The van der Waals surface area contributed by atoms with Gasteiger partial charge < -0.3 is 0 Å². The van der Waals surface area contributed by atoms with Gasteiger partial charge in [-0.3, -0.25) is 0 Å². The van der Waals surface area contributed by atoms with Crippen LogP contribution in [-0.2, 0) is 0 Å². The standard InChI is InChI=1S/C18H13N/c1-12-6-9-17-15(10-12)11-14-8-7-13-4-2-3-5-16(13)18(14)19-17/h2-11H,1H3. The number of hydrogen-bond acceptors (Lipinski definition) is 1. The molecule has 0 saturated heterocycles. The smallest absolute Gasteiger partial charge is 0.0788 e. The second-order valence-electron chi connectivity index (χ2n) is 5.04. The third-order valence-corrected chi connectivity index (χ3v) is 3.66. The van der Waals surface area contributed by atoms with Crippen molar-refractivity contribution in [1.82, 2.24) is 4.98 Å². The molecule has 0 aliphatic carbocycles. The third kappa shape index (κ3) is 1.59. The van der Waals surface area contributed by atoms with Crippen molar-refractivity contribution in [2.75, 3.05) is 0 Å². The largest absolute Gasteiger partial charge is 0.247 e. The number of fused-ring (bicyclic) bond motifs is 4. The molecule has 19 heavy (non-hydrogen) atoms. The molecule has 0 radical (unpaired) electrons. The van der Waals surface area contributed by atoms with Gasteiger partial charge in [0.25, 0.3) is 0 Å². The second-order valence-corrected chi connectivity index (χ2v) is 5.04. The van der Waals surface area contributed by atoms with Crippen LogP contribution in [0.4, 0.5) is 0 Å². The Morgan fingerprint density at radius 3 is 2.53 bits per heavy atom. The van der Waals surface area contributed by atoms with Gasteiger partial charge in [0.2, 0.25) is 0 Å². The number of hydrogen-bond donors (Lipinski definition) is 0. The van der Waals surface area contributed by atoms with Crippen molar-refractivity contribution in [2.45, 2.75) is 6.92 Å². The highest BCUT2D eigenvalue weighted by Crippen LogP contribution is 2.27. The Morgan fingerprint density at radius 2 is 1.58 bits per heavy atom. The van der Waals surface area contributed by atoms with Gasteiger partial charge in [0, 0.05) is 16.2 Å². The maximum absolute atomic E-state index is 4.85. The highest BCUT2D eigenvalue weighted by Gasteiger charge is 2.04. The fourth-order valence-corrected chi connectivity index (χ4v) is 2.69. The molecule has 0 amide bonds. The van der Waals surface area contributed by atoms with Crippen molar-refractivity contribution in [3.63, 3.8) is 0 Å². The van der Waals surface area contributed by atoms with E-state index in [4.69, 9.17) is 4.98 Å². The van der Waals surface area contributed by atoms with Crippen molar-refractivity contribution in [3.05, 3.63) is 66.2 Å². The minimum Gasteiger partial charge on any atom is -0.247 e. The minimum atomic E-state index is 1.06. The number of aryl methyl sites for hydroxylation is 1. The molecule has 4 aromatic rings. The summed E-state index contributed by atoms with van der Waals surface area (Å²) in [5.41, 5.74) is 3.43. The molecule has 0 fully saturated rings. The lowest BCUT2D eigenvalue weighted by Crippen LogP contribution is -1.85. The Hall–Kier alpha value is -2.41. The summed E-state index contributed by atoms with van der Waals surface area (Å²) in [6, 6.07) is 21.4. The molecule has 0 bridgehead atoms. The predicted octanol–water partition coefficient (Wildman–Crippen LogP) is 4.85. The summed E-state index contributed by atoms with van der Waals surface area (Å²) in [6.45, 7) is 2.12. The van der Waals surface area contributed by atoms with Gasteiger partial charge in [-0.05, 0) is 30.5 Å². The fourth-order valence-electron chi connectivity index (χ4n) is 2.69.